The maximum absolute atomic E-state index is 12.7. The Morgan fingerprint density at radius 3 is 2.06 bits per heavy atom. The lowest BCUT2D eigenvalue weighted by molar-refractivity contribution is -0.154. The van der Waals surface area contributed by atoms with E-state index in [1.165, 1.54) is 0 Å². The first-order chi connectivity index (χ1) is 15.2. The molecule has 0 atom stereocenters. The summed E-state index contributed by atoms with van der Waals surface area (Å²) in [5.41, 5.74) is -1.81. The topological polar surface area (TPSA) is 110 Å². The number of carboxylic acid groups (broad SMARTS) is 2. The summed E-state index contributed by atoms with van der Waals surface area (Å²) >= 11 is 0. The Morgan fingerprint density at radius 2 is 1.52 bits per heavy atom. The van der Waals surface area contributed by atoms with Crippen molar-refractivity contribution in [2.75, 3.05) is 13.2 Å². The van der Waals surface area contributed by atoms with E-state index in [0.29, 0.717) is 55.8 Å². The Balaban J connectivity index is 2.87. The van der Waals surface area contributed by atoms with E-state index in [4.69, 9.17) is 9.47 Å². The monoisotopic (exact) mass is 464 g/mol. The minimum atomic E-state index is -0.926. The zero-order chi connectivity index (χ0) is 25.4. The molecule has 0 bridgehead atoms. The van der Waals surface area contributed by atoms with Crippen molar-refractivity contribution in [1.82, 2.24) is 0 Å². The number of hydrogen-bond acceptors (Lipinski definition) is 5. The van der Waals surface area contributed by atoms with Gasteiger partial charge in [-0.3, -0.25) is 14.4 Å². The lowest BCUT2D eigenvalue weighted by atomic mass is 9.66. The third-order valence-electron chi connectivity index (χ3n) is 6.73. The normalized spacial score (nSPS) is 12.3. The van der Waals surface area contributed by atoms with E-state index in [2.05, 4.69) is 0 Å². The molecular formula is C26H40O7. The number of carbonyl (C=O) groups is 3. The first-order valence-electron chi connectivity index (χ1n) is 11.6. The van der Waals surface area contributed by atoms with Gasteiger partial charge in [0.05, 0.1) is 29.6 Å². The fourth-order valence-electron chi connectivity index (χ4n) is 3.13. The molecule has 0 spiro atoms. The molecule has 0 amide bonds. The molecule has 0 aliphatic heterocycles. The van der Waals surface area contributed by atoms with Crippen LogP contribution in [-0.2, 0) is 9.59 Å². The van der Waals surface area contributed by atoms with Gasteiger partial charge in [0.1, 0.15) is 11.5 Å². The van der Waals surface area contributed by atoms with E-state index in [9.17, 15) is 24.6 Å². The van der Waals surface area contributed by atoms with Crippen LogP contribution in [0, 0.1) is 16.2 Å². The zero-order valence-corrected chi connectivity index (χ0v) is 21.1. The van der Waals surface area contributed by atoms with Gasteiger partial charge >= 0.3 is 11.9 Å². The number of carboxylic acids is 2. The highest BCUT2D eigenvalue weighted by Crippen LogP contribution is 2.41. The smallest absolute Gasteiger partial charge is 0.309 e. The van der Waals surface area contributed by atoms with Crippen molar-refractivity contribution < 1.29 is 34.1 Å². The molecule has 0 heterocycles. The summed E-state index contributed by atoms with van der Waals surface area (Å²) in [6.45, 7) is 13.1. The first kappa shape index (κ1) is 28.5. The summed E-state index contributed by atoms with van der Waals surface area (Å²) < 4.78 is 11.7. The van der Waals surface area contributed by atoms with Gasteiger partial charge < -0.3 is 19.7 Å². The van der Waals surface area contributed by atoms with Gasteiger partial charge in [0, 0.05) is 6.42 Å². The highest BCUT2D eigenvalue weighted by Gasteiger charge is 2.43. The van der Waals surface area contributed by atoms with Gasteiger partial charge in [-0.15, -0.1) is 0 Å². The fourth-order valence-corrected chi connectivity index (χ4v) is 3.13. The quantitative estimate of drug-likeness (QED) is 0.248. The maximum atomic E-state index is 12.7. The molecule has 1 aromatic carbocycles. The van der Waals surface area contributed by atoms with Crippen molar-refractivity contribution in [3.63, 3.8) is 0 Å². The van der Waals surface area contributed by atoms with E-state index >= 15 is 0 Å². The van der Waals surface area contributed by atoms with Crippen LogP contribution in [0.25, 0.3) is 0 Å². The lowest BCUT2D eigenvalue weighted by Crippen LogP contribution is -2.40. The van der Waals surface area contributed by atoms with E-state index in [0.717, 1.165) is 0 Å². The minimum absolute atomic E-state index is 0.0462. The van der Waals surface area contributed by atoms with Crippen LogP contribution < -0.4 is 9.47 Å². The lowest BCUT2D eigenvalue weighted by Gasteiger charge is -2.38. The second-order valence-electron chi connectivity index (χ2n) is 10.4. The van der Waals surface area contributed by atoms with Crippen LogP contribution in [0.4, 0.5) is 0 Å². The number of Topliss-reactive ketones (excluding diaryl/α,β-unsaturated/α-hetero) is 1. The van der Waals surface area contributed by atoms with Gasteiger partial charge in [-0.25, -0.2) is 0 Å². The predicted octanol–water partition coefficient (Wildman–Crippen LogP) is 5.85. The van der Waals surface area contributed by atoms with Gasteiger partial charge in [0.15, 0.2) is 5.78 Å². The molecule has 0 aliphatic rings. The maximum Gasteiger partial charge on any atom is 0.309 e. The highest BCUT2D eigenvalue weighted by atomic mass is 16.5. The number of ketones is 1. The number of hydrogen-bond donors (Lipinski definition) is 2. The van der Waals surface area contributed by atoms with Gasteiger partial charge in [-0.05, 0) is 77.0 Å². The molecule has 0 radical (unpaired) electrons. The first-order valence-corrected chi connectivity index (χ1v) is 11.6. The largest absolute Gasteiger partial charge is 0.494 e. The number of aliphatic carboxylic acids is 2. The van der Waals surface area contributed by atoms with Gasteiger partial charge in [-0.1, -0.05) is 20.8 Å². The molecule has 33 heavy (non-hydrogen) atoms. The van der Waals surface area contributed by atoms with E-state index in [1.807, 2.05) is 20.8 Å². The molecule has 0 aromatic heterocycles. The van der Waals surface area contributed by atoms with Crippen LogP contribution in [-0.4, -0.2) is 41.1 Å². The van der Waals surface area contributed by atoms with E-state index in [1.54, 1.807) is 45.9 Å². The van der Waals surface area contributed by atoms with Gasteiger partial charge in [0.25, 0.3) is 0 Å². The Kier molecular flexibility index (Phi) is 9.94. The van der Waals surface area contributed by atoms with Crippen molar-refractivity contribution in [2.24, 2.45) is 16.2 Å². The van der Waals surface area contributed by atoms with Crippen LogP contribution >= 0.6 is 0 Å². The molecule has 1 aromatic rings. The summed E-state index contributed by atoms with van der Waals surface area (Å²) in [5, 5.41) is 18.7. The SMILES string of the molecule is CCCC(=O)c1cc(OCCCC(C)(C)C(=O)O)ccc1OCCC(C)(C)C(C)(C)C(=O)O. The van der Waals surface area contributed by atoms with Crippen molar-refractivity contribution in [2.45, 2.75) is 80.6 Å². The number of ether oxygens (including phenoxy) is 2. The average Bonchev–Trinajstić information content (AvgIpc) is 2.71. The molecular weight excluding hydrogens is 424 g/mol. The number of rotatable bonds is 15. The van der Waals surface area contributed by atoms with Crippen LogP contribution in [0.15, 0.2) is 18.2 Å². The molecule has 0 aliphatic carbocycles. The minimum Gasteiger partial charge on any atom is -0.494 e. The average molecular weight is 465 g/mol. The second-order valence-corrected chi connectivity index (χ2v) is 10.4. The molecule has 7 heteroatoms. The third kappa shape index (κ3) is 7.76. The van der Waals surface area contributed by atoms with Gasteiger partial charge in [-0.2, -0.15) is 0 Å². The van der Waals surface area contributed by atoms with Crippen LogP contribution in [0.1, 0.15) is 90.9 Å². The molecule has 0 fully saturated rings. The molecule has 0 saturated heterocycles. The molecule has 2 N–H and O–H groups in total. The number of benzene rings is 1. The van der Waals surface area contributed by atoms with E-state index < -0.39 is 28.2 Å². The Bertz CT molecular complexity index is 837. The summed E-state index contributed by atoms with van der Waals surface area (Å²) in [6.07, 6.45) is 2.64. The Hall–Kier alpha value is -2.57. The van der Waals surface area contributed by atoms with Gasteiger partial charge in [0.2, 0.25) is 0 Å². The van der Waals surface area contributed by atoms with Crippen molar-refractivity contribution in [1.29, 1.82) is 0 Å². The standard InChI is InChI=1S/C26H40O7/c1-8-10-20(27)19-17-18(32-15-9-13-24(2,3)22(28)29)11-12-21(19)33-16-14-25(4,5)26(6,7)23(30)31/h11-12,17H,8-10,13-16H2,1-7H3,(H,28,29)(H,30,31). The Morgan fingerprint density at radius 1 is 0.879 bits per heavy atom. The Labute approximate surface area is 197 Å². The zero-order valence-electron chi connectivity index (χ0n) is 21.1. The third-order valence-corrected chi connectivity index (χ3v) is 6.73. The molecule has 0 unspecified atom stereocenters. The van der Waals surface area contributed by atoms with Crippen LogP contribution in [0.5, 0.6) is 11.5 Å². The molecule has 186 valence electrons. The second kappa shape index (κ2) is 11.5. The van der Waals surface area contributed by atoms with Crippen molar-refractivity contribution in [3.05, 3.63) is 23.8 Å². The van der Waals surface area contributed by atoms with Crippen LogP contribution in [0.2, 0.25) is 0 Å². The summed E-state index contributed by atoms with van der Waals surface area (Å²) in [6, 6.07) is 5.10. The summed E-state index contributed by atoms with van der Waals surface area (Å²) in [5.74, 6) is -0.764. The number of carbonyl (C=O) groups excluding carboxylic acids is 1. The molecule has 1 rings (SSSR count). The fraction of sp³-hybridized carbons (Fsp3) is 0.654. The molecule has 0 saturated carbocycles. The molecule has 7 nitrogen and oxygen atoms in total. The van der Waals surface area contributed by atoms with Crippen molar-refractivity contribution >= 4 is 17.7 Å². The highest BCUT2D eigenvalue weighted by molar-refractivity contribution is 5.99. The summed E-state index contributed by atoms with van der Waals surface area (Å²) in [4.78, 5) is 35.5. The van der Waals surface area contributed by atoms with Crippen molar-refractivity contribution in [3.8, 4) is 11.5 Å². The summed E-state index contributed by atoms with van der Waals surface area (Å²) in [7, 11) is 0. The predicted molar refractivity (Wildman–Crippen MR) is 127 cm³/mol. The van der Waals surface area contributed by atoms with Crippen LogP contribution in [0.3, 0.4) is 0 Å². The van der Waals surface area contributed by atoms with E-state index in [-0.39, 0.29) is 12.4 Å².